The van der Waals surface area contributed by atoms with Crippen molar-refractivity contribution in [2.75, 3.05) is 19.0 Å². The standard InChI is InChI=1S/C16H18BrNO6/c1-11(19)14(16(20)23-2)10-12-9-13(18(21)22)5-6-15(12)24-8-4-3-7-17/h5-6,9-10H,3-4,7-8H2,1-2H3. The number of rotatable bonds is 9. The van der Waals surface area contributed by atoms with Crippen LogP contribution in [0.3, 0.4) is 0 Å². The third kappa shape index (κ3) is 5.77. The molecular formula is C16H18BrNO6. The zero-order valence-electron chi connectivity index (χ0n) is 13.4. The fourth-order valence-electron chi connectivity index (χ4n) is 1.84. The third-order valence-electron chi connectivity index (χ3n) is 3.07. The van der Waals surface area contributed by atoms with Gasteiger partial charge in [0.05, 0.1) is 18.6 Å². The van der Waals surface area contributed by atoms with Crippen molar-refractivity contribution in [3.8, 4) is 5.75 Å². The Kier molecular flexibility index (Phi) is 8.11. The van der Waals surface area contributed by atoms with Gasteiger partial charge in [0, 0.05) is 23.0 Å². The van der Waals surface area contributed by atoms with Crippen LogP contribution >= 0.6 is 15.9 Å². The number of nitrogens with zero attached hydrogens (tertiary/aromatic N) is 1. The first-order valence-corrected chi connectivity index (χ1v) is 8.31. The van der Waals surface area contributed by atoms with Crippen molar-refractivity contribution in [3.63, 3.8) is 0 Å². The average molecular weight is 400 g/mol. The van der Waals surface area contributed by atoms with Gasteiger partial charge in [-0.15, -0.1) is 0 Å². The number of nitro groups is 1. The van der Waals surface area contributed by atoms with Gasteiger partial charge in [-0.25, -0.2) is 4.79 Å². The monoisotopic (exact) mass is 399 g/mol. The lowest BCUT2D eigenvalue weighted by Crippen LogP contribution is -2.11. The molecule has 0 amide bonds. The second-order valence-electron chi connectivity index (χ2n) is 4.83. The molecule has 0 aromatic heterocycles. The van der Waals surface area contributed by atoms with Gasteiger partial charge >= 0.3 is 5.97 Å². The lowest BCUT2D eigenvalue weighted by Gasteiger charge is -2.10. The Morgan fingerprint density at radius 3 is 2.58 bits per heavy atom. The molecule has 0 saturated heterocycles. The molecule has 0 saturated carbocycles. The molecule has 0 atom stereocenters. The summed E-state index contributed by atoms with van der Waals surface area (Å²) in [5, 5.41) is 11.8. The minimum atomic E-state index is -0.806. The molecule has 0 spiro atoms. The van der Waals surface area contributed by atoms with Crippen LogP contribution in [0.2, 0.25) is 0 Å². The summed E-state index contributed by atoms with van der Waals surface area (Å²) in [4.78, 5) is 33.7. The zero-order valence-corrected chi connectivity index (χ0v) is 15.0. The summed E-state index contributed by atoms with van der Waals surface area (Å²) < 4.78 is 10.2. The predicted octanol–water partition coefficient (Wildman–Crippen LogP) is 3.29. The van der Waals surface area contributed by atoms with Gasteiger partial charge in [-0.1, -0.05) is 15.9 Å². The molecule has 0 bridgehead atoms. The van der Waals surface area contributed by atoms with Crippen molar-refractivity contribution in [1.82, 2.24) is 0 Å². The second kappa shape index (κ2) is 9.82. The molecule has 0 fully saturated rings. The van der Waals surface area contributed by atoms with Crippen LogP contribution in [0.25, 0.3) is 6.08 Å². The number of hydrogen-bond donors (Lipinski definition) is 0. The Balaban J connectivity index is 3.23. The van der Waals surface area contributed by atoms with Gasteiger partial charge in [-0.3, -0.25) is 14.9 Å². The van der Waals surface area contributed by atoms with Crippen molar-refractivity contribution in [2.45, 2.75) is 19.8 Å². The molecule has 0 heterocycles. The van der Waals surface area contributed by atoms with Gasteiger partial charge in [0.15, 0.2) is 5.78 Å². The molecule has 24 heavy (non-hydrogen) atoms. The summed E-state index contributed by atoms with van der Waals surface area (Å²) >= 11 is 3.32. The van der Waals surface area contributed by atoms with Crippen molar-refractivity contribution < 1.29 is 24.0 Å². The molecule has 8 heteroatoms. The maximum absolute atomic E-state index is 11.7. The molecule has 0 radical (unpaired) electrons. The first-order valence-electron chi connectivity index (χ1n) is 7.18. The van der Waals surface area contributed by atoms with Crippen LogP contribution in [0.15, 0.2) is 23.8 Å². The summed E-state index contributed by atoms with van der Waals surface area (Å²) in [5.74, 6) is -0.948. The number of esters is 1. The van der Waals surface area contributed by atoms with E-state index in [9.17, 15) is 19.7 Å². The highest BCUT2D eigenvalue weighted by Gasteiger charge is 2.18. The average Bonchev–Trinajstić information content (AvgIpc) is 2.56. The van der Waals surface area contributed by atoms with Gasteiger partial charge in [0.2, 0.25) is 0 Å². The molecule has 0 aliphatic carbocycles. The summed E-state index contributed by atoms with van der Waals surface area (Å²) in [6.07, 6.45) is 2.96. The smallest absolute Gasteiger partial charge is 0.341 e. The summed E-state index contributed by atoms with van der Waals surface area (Å²) in [6.45, 7) is 1.63. The summed E-state index contributed by atoms with van der Waals surface area (Å²) in [5.41, 5.74) is -0.0937. The number of unbranched alkanes of at least 4 members (excludes halogenated alkanes) is 1. The first-order chi connectivity index (χ1) is 11.4. The van der Waals surface area contributed by atoms with E-state index in [1.165, 1.54) is 31.2 Å². The summed E-state index contributed by atoms with van der Waals surface area (Å²) in [7, 11) is 1.16. The Labute approximate surface area is 147 Å². The van der Waals surface area contributed by atoms with Crippen molar-refractivity contribution in [1.29, 1.82) is 0 Å². The van der Waals surface area contributed by atoms with E-state index in [1.807, 2.05) is 0 Å². The number of benzene rings is 1. The third-order valence-corrected chi connectivity index (χ3v) is 3.63. The van der Waals surface area contributed by atoms with Crippen LogP contribution in [0.1, 0.15) is 25.3 Å². The minimum absolute atomic E-state index is 0.165. The van der Waals surface area contributed by atoms with E-state index in [0.717, 1.165) is 25.3 Å². The lowest BCUT2D eigenvalue weighted by molar-refractivity contribution is -0.384. The quantitative estimate of drug-likeness (QED) is 0.0923. The number of hydrogen-bond acceptors (Lipinski definition) is 6. The number of halogens is 1. The fraction of sp³-hybridized carbons (Fsp3) is 0.375. The van der Waals surface area contributed by atoms with Crippen LogP contribution in [0, 0.1) is 10.1 Å². The molecule has 0 unspecified atom stereocenters. The Bertz CT molecular complexity index is 656. The van der Waals surface area contributed by atoms with E-state index < -0.39 is 16.7 Å². The predicted molar refractivity (Wildman–Crippen MR) is 92.3 cm³/mol. The maximum Gasteiger partial charge on any atom is 0.341 e. The molecule has 1 aromatic carbocycles. The SMILES string of the molecule is COC(=O)C(=Cc1cc([N+](=O)[O-])ccc1OCCCCBr)C(C)=O. The largest absolute Gasteiger partial charge is 0.493 e. The Morgan fingerprint density at radius 1 is 1.33 bits per heavy atom. The molecule has 0 N–H and O–H groups in total. The number of carbonyl (C=O) groups is 2. The molecule has 0 aliphatic heterocycles. The van der Waals surface area contributed by atoms with Gasteiger partial charge < -0.3 is 9.47 Å². The van der Waals surface area contributed by atoms with Gasteiger partial charge in [-0.05, 0) is 31.9 Å². The molecule has 1 aromatic rings. The van der Waals surface area contributed by atoms with E-state index in [4.69, 9.17) is 4.74 Å². The molecular weight excluding hydrogens is 382 g/mol. The number of methoxy groups -OCH3 is 1. The number of Topliss-reactive ketones (excluding diaryl/α,β-unsaturated/α-hetero) is 1. The highest BCUT2D eigenvalue weighted by Crippen LogP contribution is 2.27. The van der Waals surface area contributed by atoms with E-state index in [2.05, 4.69) is 20.7 Å². The molecule has 0 aliphatic rings. The van der Waals surface area contributed by atoms with Crippen LogP contribution in [0.5, 0.6) is 5.75 Å². The normalized spacial score (nSPS) is 11.0. The lowest BCUT2D eigenvalue weighted by atomic mass is 10.1. The number of ether oxygens (including phenoxy) is 2. The van der Waals surface area contributed by atoms with E-state index >= 15 is 0 Å². The highest BCUT2D eigenvalue weighted by molar-refractivity contribution is 9.09. The van der Waals surface area contributed by atoms with E-state index in [0.29, 0.717) is 12.4 Å². The molecule has 1 rings (SSSR count). The number of carbonyl (C=O) groups excluding carboxylic acids is 2. The minimum Gasteiger partial charge on any atom is -0.493 e. The van der Waals surface area contributed by atoms with Crippen molar-refractivity contribution in [3.05, 3.63) is 39.4 Å². The summed E-state index contributed by atoms with van der Waals surface area (Å²) in [6, 6.07) is 4.02. The van der Waals surface area contributed by atoms with Gasteiger partial charge in [-0.2, -0.15) is 0 Å². The topological polar surface area (TPSA) is 95.7 Å². The second-order valence-corrected chi connectivity index (χ2v) is 5.62. The van der Waals surface area contributed by atoms with Crippen LogP contribution in [-0.4, -0.2) is 35.7 Å². The Morgan fingerprint density at radius 2 is 2.04 bits per heavy atom. The van der Waals surface area contributed by atoms with Gasteiger partial charge in [0.25, 0.3) is 5.69 Å². The fourth-order valence-corrected chi connectivity index (χ4v) is 2.24. The van der Waals surface area contributed by atoms with E-state index in [-0.39, 0.29) is 16.8 Å². The number of non-ortho nitro benzene ring substituents is 1. The number of alkyl halides is 1. The van der Waals surface area contributed by atoms with Crippen LogP contribution < -0.4 is 4.74 Å². The molecule has 7 nitrogen and oxygen atoms in total. The zero-order chi connectivity index (χ0) is 18.1. The molecule has 130 valence electrons. The van der Waals surface area contributed by atoms with Crippen molar-refractivity contribution >= 4 is 39.4 Å². The maximum atomic E-state index is 11.7. The van der Waals surface area contributed by atoms with Gasteiger partial charge in [0.1, 0.15) is 11.3 Å². The van der Waals surface area contributed by atoms with Crippen molar-refractivity contribution in [2.24, 2.45) is 0 Å². The number of ketones is 1. The van der Waals surface area contributed by atoms with E-state index in [1.54, 1.807) is 0 Å². The first kappa shape index (κ1) is 19.8. The Hall–Kier alpha value is -2.22. The highest BCUT2D eigenvalue weighted by atomic mass is 79.9. The number of nitro benzene ring substituents is 1. The van der Waals surface area contributed by atoms with Crippen LogP contribution in [-0.2, 0) is 14.3 Å². The van der Waals surface area contributed by atoms with Crippen LogP contribution in [0.4, 0.5) is 5.69 Å².